The minimum absolute atomic E-state index is 0.000487. The van der Waals surface area contributed by atoms with E-state index in [2.05, 4.69) is 4.98 Å². The van der Waals surface area contributed by atoms with Crippen LogP contribution in [0.1, 0.15) is 42.3 Å². The number of Topliss-reactive ketones (excluding diaryl/α,β-unsaturated/α-hetero) is 1. The first-order valence-electron chi connectivity index (χ1n) is 11.4. The molecule has 1 N–H and O–H groups in total. The fourth-order valence-electron chi connectivity index (χ4n) is 4.24. The zero-order chi connectivity index (χ0) is 25.1. The van der Waals surface area contributed by atoms with Gasteiger partial charge in [0.15, 0.2) is 0 Å². The molecule has 3 aromatic rings. The lowest BCUT2D eigenvalue weighted by atomic mass is 9.97. The number of aryl methyl sites for hydroxylation is 1. The van der Waals surface area contributed by atoms with E-state index in [1.54, 1.807) is 55.8 Å². The lowest BCUT2D eigenvalue weighted by molar-refractivity contribution is -0.140. The molecule has 7 heteroatoms. The maximum Gasteiger partial charge on any atom is 0.296 e. The van der Waals surface area contributed by atoms with Gasteiger partial charge in [-0.3, -0.25) is 14.6 Å². The highest BCUT2D eigenvalue weighted by Gasteiger charge is 2.47. The summed E-state index contributed by atoms with van der Waals surface area (Å²) < 4.78 is 11.2. The average Bonchev–Trinajstić information content (AvgIpc) is 3.10. The topological polar surface area (TPSA) is 89.0 Å². The van der Waals surface area contributed by atoms with E-state index in [4.69, 9.17) is 9.47 Å². The molecule has 1 aromatic heterocycles. The van der Waals surface area contributed by atoms with E-state index in [0.29, 0.717) is 22.8 Å². The summed E-state index contributed by atoms with van der Waals surface area (Å²) in [6.45, 7) is 5.85. The second-order valence-electron chi connectivity index (χ2n) is 8.64. The molecule has 7 nitrogen and oxygen atoms in total. The molecule has 1 saturated heterocycles. The number of amides is 1. The summed E-state index contributed by atoms with van der Waals surface area (Å²) in [6.07, 6.45) is 1.60. The molecule has 1 atom stereocenters. The number of benzene rings is 2. The van der Waals surface area contributed by atoms with Crippen LogP contribution in [0.3, 0.4) is 0 Å². The first-order valence-corrected chi connectivity index (χ1v) is 11.4. The van der Waals surface area contributed by atoms with Gasteiger partial charge in [0.1, 0.15) is 23.3 Å². The van der Waals surface area contributed by atoms with E-state index < -0.39 is 17.7 Å². The predicted molar refractivity (Wildman–Crippen MR) is 132 cm³/mol. The summed E-state index contributed by atoms with van der Waals surface area (Å²) >= 11 is 0. The summed E-state index contributed by atoms with van der Waals surface area (Å²) in [5, 5.41) is 11.3. The Morgan fingerprint density at radius 3 is 2.46 bits per heavy atom. The van der Waals surface area contributed by atoms with Gasteiger partial charge in [-0.1, -0.05) is 24.3 Å². The maximum absolute atomic E-state index is 13.3. The van der Waals surface area contributed by atoms with Gasteiger partial charge in [-0.05, 0) is 62.7 Å². The molecule has 4 rings (SSSR count). The Bertz CT molecular complexity index is 1280. The number of carbonyl (C=O) groups excluding carboxylic acids is 2. The molecular weight excluding hydrogens is 444 g/mol. The number of ether oxygens (including phenoxy) is 2. The molecule has 1 amide bonds. The third kappa shape index (κ3) is 4.75. The lowest BCUT2D eigenvalue weighted by Crippen LogP contribution is -2.29. The van der Waals surface area contributed by atoms with Crippen LogP contribution in [0.2, 0.25) is 0 Å². The van der Waals surface area contributed by atoms with Gasteiger partial charge < -0.3 is 19.5 Å². The van der Waals surface area contributed by atoms with E-state index in [9.17, 15) is 14.7 Å². The Balaban J connectivity index is 1.82. The second-order valence-corrected chi connectivity index (χ2v) is 8.64. The van der Waals surface area contributed by atoms with Gasteiger partial charge in [-0.25, -0.2) is 0 Å². The number of hydrogen-bond donors (Lipinski definition) is 1. The number of methoxy groups -OCH3 is 1. The van der Waals surface area contributed by atoms with Crippen molar-refractivity contribution in [3.63, 3.8) is 0 Å². The Hall–Kier alpha value is -4.13. The van der Waals surface area contributed by atoms with Gasteiger partial charge in [0, 0.05) is 17.3 Å². The van der Waals surface area contributed by atoms with Crippen LogP contribution in [0.4, 0.5) is 0 Å². The second kappa shape index (κ2) is 10.0. The standard InChI is InChI=1S/C28H28N2O5/c1-17(2)35-22-13-12-19(15-18(22)3)26(31)24-25(21-10-7-8-14-29-21)30(28(33)27(24)32)16-20-9-5-6-11-23(20)34-4/h5-15,17,25,31H,16H2,1-4H3/b26-24-. The number of rotatable bonds is 7. The predicted octanol–water partition coefficient (Wildman–Crippen LogP) is 4.81. The van der Waals surface area contributed by atoms with E-state index in [1.807, 2.05) is 39.0 Å². The highest BCUT2D eigenvalue weighted by atomic mass is 16.5. The fourth-order valence-corrected chi connectivity index (χ4v) is 4.24. The molecule has 2 heterocycles. The molecule has 180 valence electrons. The Kier molecular flexibility index (Phi) is 6.87. The summed E-state index contributed by atoms with van der Waals surface area (Å²) in [6, 6.07) is 16.9. The number of nitrogens with zero attached hydrogens (tertiary/aromatic N) is 2. The first-order chi connectivity index (χ1) is 16.8. The summed E-state index contributed by atoms with van der Waals surface area (Å²) in [5.74, 6) is -0.418. The maximum atomic E-state index is 13.3. The number of carbonyl (C=O) groups is 2. The average molecular weight is 473 g/mol. The number of pyridine rings is 1. The van der Waals surface area contributed by atoms with Gasteiger partial charge >= 0.3 is 0 Å². The van der Waals surface area contributed by atoms with Gasteiger partial charge in [0.2, 0.25) is 0 Å². The van der Waals surface area contributed by atoms with Crippen molar-refractivity contribution in [3.05, 3.63) is 94.8 Å². The summed E-state index contributed by atoms with van der Waals surface area (Å²) in [4.78, 5) is 32.3. The van der Waals surface area contributed by atoms with Gasteiger partial charge in [-0.15, -0.1) is 0 Å². The third-order valence-electron chi connectivity index (χ3n) is 5.85. The van der Waals surface area contributed by atoms with E-state index >= 15 is 0 Å². The van der Waals surface area contributed by atoms with Crippen molar-refractivity contribution in [2.75, 3.05) is 7.11 Å². The quantitative estimate of drug-likeness (QED) is 0.302. The zero-order valence-corrected chi connectivity index (χ0v) is 20.2. The molecule has 1 aliphatic rings. The summed E-state index contributed by atoms with van der Waals surface area (Å²) in [7, 11) is 1.55. The first kappa shape index (κ1) is 24.0. The number of likely N-dealkylation sites (tertiary alicyclic amines) is 1. The molecule has 1 unspecified atom stereocenters. The van der Waals surface area contributed by atoms with Crippen molar-refractivity contribution < 1.29 is 24.2 Å². The highest BCUT2D eigenvalue weighted by Crippen LogP contribution is 2.40. The third-order valence-corrected chi connectivity index (χ3v) is 5.85. The van der Waals surface area contributed by atoms with Crippen molar-refractivity contribution in [3.8, 4) is 11.5 Å². The smallest absolute Gasteiger partial charge is 0.296 e. The normalized spacial score (nSPS) is 17.2. The van der Waals surface area contributed by atoms with Gasteiger partial charge in [-0.2, -0.15) is 0 Å². The number of hydrogen-bond acceptors (Lipinski definition) is 6. The molecule has 0 bridgehead atoms. The van der Waals surface area contributed by atoms with Gasteiger partial charge in [0.05, 0.1) is 31.0 Å². The molecular formula is C28H28N2O5. The molecule has 0 radical (unpaired) electrons. The lowest BCUT2D eigenvalue weighted by Gasteiger charge is -2.25. The highest BCUT2D eigenvalue weighted by molar-refractivity contribution is 6.46. The SMILES string of the molecule is COc1ccccc1CN1C(=O)C(=O)/C(=C(\O)c2ccc(OC(C)C)c(C)c2)C1c1ccccn1. The fraction of sp³-hybridized carbons (Fsp3) is 0.250. The van der Waals surface area contributed by atoms with Gasteiger partial charge in [0.25, 0.3) is 11.7 Å². The van der Waals surface area contributed by atoms with E-state index in [1.165, 1.54) is 4.90 Å². The van der Waals surface area contributed by atoms with Crippen LogP contribution in [0.5, 0.6) is 11.5 Å². The number of para-hydroxylation sites is 1. The molecule has 0 spiro atoms. The zero-order valence-electron chi connectivity index (χ0n) is 20.2. The van der Waals surface area contributed by atoms with Crippen molar-refractivity contribution in [1.29, 1.82) is 0 Å². The van der Waals surface area contributed by atoms with Crippen molar-refractivity contribution >= 4 is 17.4 Å². The molecule has 1 aliphatic heterocycles. The van der Waals surface area contributed by atoms with Crippen LogP contribution in [0.25, 0.3) is 5.76 Å². The monoisotopic (exact) mass is 472 g/mol. The van der Waals surface area contributed by atoms with Crippen LogP contribution in [0.15, 0.2) is 72.4 Å². The summed E-state index contributed by atoms with van der Waals surface area (Å²) in [5.41, 5.74) is 2.46. The minimum Gasteiger partial charge on any atom is -0.507 e. The number of ketones is 1. The number of aliphatic hydroxyl groups is 1. The molecule has 1 fully saturated rings. The number of aromatic nitrogens is 1. The van der Waals surface area contributed by atoms with Crippen LogP contribution in [-0.4, -0.2) is 39.9 Å². The largest absolute Gasteiger partial charge is 0.507 e. The minimum atomic E-state index is -0.854. The number of aliphatic hydroxyl groups excluding tert-OH is 1. The molecule has 0 saturated carbocycles. The van der Waals surface area contributed by atoms with E-state index in [0.717, 1.165) is 11.1 Å². The van der Waals surface area contributed by atoms with Crippen LogP contribution >= 0.6 is 0 Å². The van der Waals surface area contributed by atoms with Crippen LogP contribution in [-0.2, 0) is 16.1 Å². The Labute approximate surface area is 204 Å². The van der Waals surface area contributed by atoms with Crippen molar-refractivity contribution in [2.24, 2.45) is 0 Å². The van der Waals surface area contributed by atoms with E-state index in [-0.39, 0.29) is 24.0 Å². The van der Waals surface area contributed by atoms with Crippen LogP contribution in [0, 0.1) is 6.92 Å². The van der Waals surface area contributed by atoms with Crippen molar-refractivity contribution in [2.45, 2.75) is 39.5 Å². The van der Waals surface area contributed by atoms with Crippen LogP contribution < -0.4 is 9.47 Å². The molecule has 35 heavy (non-hydrogen) atoms. The van der Waals surface area contributed by atoms with Crippen molar-refractivity contribution in [1.82, 2.24) is 9.88 Å². The molecule has 0 aliphatic carbocycles. The Morgan fingerprint density at radius 1 is 1.06 bits per heavy atom. The Morgan fingerprint density at radius 2 is 1.80 bits per heavy atom. The molecule has 2 aromatic carbocycles.